The summed E-state index contributed by atoms with van der Waals surface area (Å²) in [6.45, 7) is 4.70. The zero-order chi connectivity index (χ0) is 15.2. The number of thioether (sulfide) groups is 1. The number of amides is 1. The molecule has 0 fully saturated rings. The molecule has 0 saturated carbocycles. The van der Waals surface area contributed by atoms with Crippen LogP contribution in [0.25, 0.3) is 11.5 Å². The van der Waals surface area contributed by atoms with E-state index in [4.69, 9.17) is 4.42 Å². The molecule has 2 aromatic rings. The number of carbonyl (C=O) groups excluding carboxylic acids is 1. The maximum Gasteiger partial charge on any atom is 0.277 e. The first-order valence-corrected chi connectivity index (χ1v) is 7.52. The van der Waals surface area contributed by atoms with Gasteiger partial charge in [-0.3, -0.25) is 4.79 Å². The third-order valence-corrected chi connectivity index (χ3v) is 3.35. The van der Waals surface area contributed by atoms with Crippen molar-refractivity contribution in [3.63, 3.8) is 0 Å². The quantitative estimate of drug-likeness (QED) is 0.831. The molecule has 1 amide bonds. The fraction of sp³-hybridized carbons (Fsp3) is 0.357. The van der Waals surface area contributed by atoms with Gasteiger partial charge in [0.25, 0.3) is 5.22 Å². The molecule has 112 valence electrons. The Balaban J connectivity index is 1.88. The monoisotopic (exact) mass is 309 g/mol. The highest BCUT2D eigenvalue weighted by Gasteiger charge is 2.11. The van der Waals surface area contributed by atoms with Crippen LogP contribution >= 0.6 is 11.8 Å². The number of aromatic nitrogens is 2. The number of carbonyl (C=O) groups is 1. The summed E-state index contributed by atoms with van der Waals surface area (Å²) in [5.74, 6) is 0.537. The topological polar surface area (TPSA) is 68.0 Å². The maximum atomic E-state index is 12.8. The second-order valence-corrected chi connectivity index (χ2v) is 5.79. The second-order valence-electron chi connectivity index (χ2n) is 4.87. The fourth-order valence-corrected chi connectivity index (χ4v) is 2.07. The van der Waals surface area contributed by atoms with E-state index in [-0.39, 0.29) is 17.5 Å². The van der Waals surface area contributed by atoms with Crippen LogP contribution in [0.1, 0.15) is 13.8 Å². The Labute approximate surface area is 126 Å². The van der Waals surface area contributed by atoms with Gasteiger partial charge in [0.1, 0.15) is 5.82 Å². The number of halogens is 1. The van der Waals surface area contributed by atoms with Crippen LogP contribution in [-0.4, -0.2) is 28.4 Å². The summed E-state index contributed by atoms with van der Waals surface area (Å²) in [6, 6.07) is 5.77. The number of rotatable bonds is 6. The van der Waals surface area contributed by atoms with Crippen molar-refractivity contribution in [1.82, 2.24) is 15.5 Å². The van der Waals surface area contributed by atoms with Gasteiger partial charge in [0.05, 0.1) is 5.75 Å². The molecule has 0 saturated heterocycles. The highest BCUT2D eigenvalue weighted by atomic mass is 32.2. The van der Waals surface area contributed by atoms with Gasteiger partial charge in [-0.15, -0.1) is 10.2 Å². The van der Waals surface area contributed by atoms with Crippen LogP contribution in [0.2, 0.25) is 0 Å². The average Bonchev–Trinajstić information content (AvgIpc) is 2.92. The molecule has 0 aliphatic rings. The molecule has 5 nitrogen and oxygen atoms in total. The Hall–Kier alpha value is -1.89. The molecule has 0 bridgehead atoms. The standard InChI is InChI=1S/C14H16FN3O2S/c1-9(2)7-16-12(19)8-21-14-18-17-13(20-14)10-3-5-11(15)6-4-10/h3-6,9H,7-8H2,1-2H3,(H,16,19). The zero-order valence-electron chi connectivity index (χ0n) is 11.8. The molecule has 1 N–H and O–H groups in total. The van der Waals surface area contributed by atoms with E-state index in [9.17, 15) is 9.18 Å². The van der Waals surface area contributed by atoms with E-state index < -0.39 is 0 Å². The minimum Gasteiger partial charge on any atom is -0.411 e. The molecule has 2 rings (SSSR count). The van der Waals surface area contributed by atoms with Crippen LogP contribution in [0.5, 0.6) is 0 Å². The van der Waals surface area contributed by atoms with Gasteiger partial charge in [0, 0.05) is 12.1 Å². The summed E-state index contributed by atoms with van der Waals surface area (Å²) in [4.78, 5) is 11.6. The van der Waals surface area contributed by atoms with Crippen molar-refractivity contribution in [2.24, 2.45) is 5.92 Å². The molecule has 0 radical (unpaired) electrons. The van der Waals surface area contributed by atoms with Crippen molar-refractivity contribution >= 4 is 17.7 Å². The summed E-state index contributed by atoms with van der Waals surface area (Å²) in [7, 11) is 0. The normalized spacial score (nSPS) is 10.9. The number of hydrogen-bond donors (Lipinski definition) is 1. The first-order valence-electron chi connectivity index (χ1n) is 6.53. The lowest BCUT2D eigenvalue weighted by Crippen LogP contribution is -2.28. The lowest BCUT2D eigenvalue weighted by atomic mass is 10.2. The van der Waals surface area contributed by atoms with Crippen molar-refractivity contribution in [2.75, 3.05) is 12.3 Å². The summed E-state index contributed by atoms with van der Waals surface area (Å²) < 4.78 is 18.3. The second kappa shape index (κ2) is 7.21. The predicted molar refractivity (Wildman–Crippen MR) is 78.3 cm³/mol. The molecule has 1 aromatic heterocycles. The van der Waals surface area contributed by atoms with Crippen LogP contribution in [0, 0.1) is 11.7 Å². The summed E-state index contributed by atoms with van der Waals surface area (Å²) in [6.07, 6.45) is 0. The van der Waals surface area contributed by atoms with E-state index in [0.717, 1.165) is 0 Å². The number of benzene rings is 1. The fourth-order valence-electron chi connectivity index (χ4n) is 1.47. The molecule has 7 heteroatoms. The Morgan fingerprint density at radius 3 is 2.71 bits per heavy atom. The smallest absolute Gasteiger partial charge is 0.277 e. The third-order valence-electron chi connectivity index (χ3n) is 2.53. The van der Waals surface area contributed by atoms with Gasteiger partial charge in [0.2, 0.25) is 11.8 Å². The summed E-state index contributed by atoms with van der Waals surface area (Å²) in [5.41, 5.74) is 0.639. The van der Waals surface area contributed by atoms with Crippen LogP contribution in [0.15, 0.2) is 33.9 Å². The van der Waals surface area contributed by atoms with Crippen LogP contribution < -0.4 is 5.32 Å². The Morgan fingerprint density at radius 1 is 1.33 bits per heavy atom. The van der Waals surface area contributed by atoms with Crippen molar-refractivity contribution < 1.29 is 13.6 Å². The van der Waals surface area contributed by atoms with Gasteiger partial charge >= 0.3 is 0 Å². The molecule has 0 spiro atoms. The van der Waals surface area contributed by atoms with E-state index in [1.54, 1.807) is 12.1 Å². The SMILES string of the molecule is CC(C)CNC(=O)CSc1nnc(-c2ccc(F)cc2)o1. The zero-order valence-corrected chi connectivity index (χ0v) is 12.6. The van der Waals surface area contributed by atoms with Gasteiger partial charge < -0.3 is 9.73 Å². The van der Waals surface area contributed by atoms with Gasteiger partial charge in [-0.2, -0.15) is 0 Å². The van der Waals surface area contributed by atoms with E-state index in [1.165, 1.54) is 23.9 Å². The Bertz CT molecular complexity index is 599. The highest BCUT2D eigenvalue weighted by molar-refractivity contribution is 7.99. The maximum absolute atomic E-state index is 12.8. The van der Waals surface area contributed by atoms with Gasteiger partial charge in [-0.1, -0.05) is 25.6 Å². The number of nitrogens with zero attached hydrogens (tertiary/aromatic N) is 2. The Kier molecular flexibility index (Phi) is 5.32. The van der Waals surface area contributed by atoms with Gasteiger partial charge in [-0.25, -0.2) is 4.39 Å². The predicted octanol–water partition coefficient (Wildman–Crippen LogP) is 2.74. The van der Waals surface area contributed by atoms with E-state index in [0.29, 0.717) is 29.1 Å². The van der Waals surface area contributed by atoms with Crippen LogP contribution in [0.4, 0.5) is 4.39 Å². The van der Waals surface area contributed by atoms with E-state index in [1.807, 2.05) is 13.8 Å². The van der Waals surface area contributed by atoms with Crippen LogP contribution in [-0.2, 0) is 4.79 Å². The Morgan fingerprint density at radius 2 is 2.05 bits per heavy atom. The molecule has 1 aromatic carbocycles. The van der Waals surface area contributed by atoms with Crippen LogP contribution in [0.3, 0.4) is 0 Å². The minimum absolute atomic E-state index is 0.0739. The minimum atomic E-state index is -0.324. The lowest BCUT2D eigenvalue weighted by molar-refractivity contribution is -0.118. The molecule has 21 heavy (non-hydrogen) atoms. The lowest BCUT2D eigenvalue weighted by Gasteiger charge is -2.05. The summed E-state index contributed by atoms with van der Waals surface area (Å²) >= 11 is 1.17. The molecule has 0 unspecified atom stereocenters. The molecule has 0 aliphatic carbocycles. The summed E-state index contributed by atoms with van der Waals surface area (Å²) in [5, 5.41) is 10.9. The molecule has 0 atom stereocenters. The number of hydrogen-bond acceptors (Lipinski definition) is 5. The molecular formula is C14H16FN3O2S. The molecule has 1 heterocycles. The van der Waals surface area contributed by atoms with Gasteiger partial charge in [-0.05, 0) is 30.2 Å². The van der Waals surface area contributed by atoms with E-state index >= 15 is 0 Å². The molecular weight excluding hydrogens is 293 g/mol. The van der Waals surface area contributed by atoms with Crippen molar-refractivity contribution in [1.29, 1.82) is 0 Å². The number of nitrogens with one attached hydrogen (secondary N) is 1. The van der Waals surface area contributed by atoms with Crippen molar-refractivity contribution in [3.8, 4) is 11.5 Å². The largest absolute Gasteiger partial charge is 0.411 e. The molecule has 0 aliphatic heterocycles. The van der Waals surface area contributed by atoms with E-state index in [2.05, 4.69) is 15.5 Å². The first-order chi connectivity index (χ1) is 10.0. The third kappa shape index (κ3) is 4.86. The van der Waals surface area contributed by atoms with Crippen molar-refractivity contribution in [2.45, 2.75) is 19.1 Å². The first kappa shape index (κ1) is 15.5. The average molecular weight is 309 g/mol. The van der Waals surface area contributed by atoms with Gasteiger partial charge in [0.15, 0.2) is 0 Å². The highest BCUT2D eigenvalue weighted by Crippen LogP contribution is 2.23. The van der Waals surface area contributed by atoms with Crippen molar-refractivity contribution in [3.05, 3.63) is 30.1 Å².